The fourth-order valence-corrected chi connectivity index (χ4v) is 2.41. The Labute approximate surface area is 132 Å². The Morgan fingerprint density at radius 1 is 1.14 bits per heavy atom. The summed E-state index contributed by atoms with van der Waals surface area (Å²) < 4.78 is 11.0. The lowest BCUT2D eigenvalue weighted by atomic mass is 9.97. The SMILES string of the molecule is COc1cccc(C(C#N)CCOc2ccc(C)cc2C)c1. The summed E-state index contributed by atoms with van der Waals surface area (Å²) >= 11 is 0. The van der Waals surface area contributed by atoms with Gasteiger partial charge >= 0.3 is 0 Å². The molecule has 0 aliphatic rings. The molecule has 114 valence electrons. The van der Waals surface area contributed by atoms with E-state index in [9.17, 15) is 5.26 Å². The Kier molecular flexibility index (Phi) is 5.43. The van der Waals surface area contributed by atoms with Crippen molar-refractivity contribution in [1.29, 1.82) is 5.26 Å². The van der Waals surface area contributed by atoms with E-state index in [1.807, 2.05) is 43.3 Å². The van der Waals surface area contributed by atoms with E-state index in [-0.39, 0.29) is 5.92 Å². The van der Waals surface area contributed by atoms with Gasteiger partial charge in [-0.15, -0.1) is 0 Å². The molecule has 0 bridgehead atoms. The lowest BCUT2D eigenvalue weighted by Gasteiger charge is -2.13. The first kappa shape index (κ1) is 15.9. The number of ether oxygens (including phenoxy) is 2. The number of aryl methyl sites for hydroxylation is 2. The zero-order valence-corrected chi connectivity index (χ0v) is 13.3. The van der Waals surface area contributed by atoms with Crippen molar-refractivity contribution >= 4 is 0 Å². The summed E-state index contributed by atoms with van der Waals surface area (Å²) in [5.41, 5.74) is 3.30. The first-order chi connectivity index (χ1) is 10.6. The molecular weight excluding hydrogens is 274 g/mol. The van der Waals surface area contributed by atoms with Gasteiger partial charge in [0, 0.05) is 6.42 Å². The van der Waals surface area contributed by atoms with Crippen molar-refractivity contribution in [2.45, 2.75) is 26.2 Å². The first-order valence-electron chi connectivity index (χ1n) is 7.37. The zero-order chi connectivity index (χ0) is 15.9. The van der Waals surface area contributed by atoms with Gasteiger partial charge in [-0.25, -0.2) is 0 Å². The van der Waals surface area contributed by atoms with Gasteiger partial charge in [0.2, 0.25) is 0 Å². The van der Waals surface area contributed by atoms with Crippen LogP contribution in [0.1, 0.15) is 29.0 Å². The van der Waals surface area contributed by atoms with Crippen molar-refractivity contribution in [3.63, 3.8) is 0 Å². The summed E-state index contributed by atoms with van der Waals surface area (Å²) in [5.74, 6) is 1.46. The van der Waals surface area contributed by atoms with E-state index in [0.29, 0.717) is 13.0 Å². The lowest BCUT2D eigenvalue weighted by Crippen LogP contribution is -2.05. The van der Waals surface area contributed by atoms with Gasteiger partial charge in [-0.2, -0.15) is 5.26 Å². The Balaban J connectivity index is 1.98. The van der Waals surface area contributed by atoms with Gasteiger partial charge in [-0.1, -0.05) is 29.8 Å². The minimum atomic E-state index is -0.194. The monoisotopic (exact) mass is 295 g/mol. The van der Waals surface area contributed by atoms with Gasteiger partial charge in [-0.05, 0) is 43.2 Å². The number of methoxy groups -OCH3 is 1. The standard InChI is InChI=1S/C19H21NO2/c1-14-7-8-19(15(2)11-14)22-10-9-17(13-20)16-5-4-6-18(12-16)21-3/h4-8,11-12,17H,9-10H2,1-3H3. The predicted octanol–water partition coefficient (Wildman–Crippen LogP) is 4.39. The molecule has 0 aliphatic carbocycles. The average molecular weight is 295 g/mol. The third kappa shape index (κ3) is 4.02. The molecule has 0 aromatic heterocycles. The van der Waals surface area contributed by atoms with Gasteiger partial charge in [0.05, 0.1) is 25.7 Å². The minimum Gasteiger partial charge on any atom is -0.497 e. The summed E-state index contributed by atoms with van der Waals surface area (Å²) in [4.78, 5) is 0. The second-order valence-corrected chi connectivity index (χ2v) is 5.36. The van der Waals surface area contributed by atoms with E-state index in [4.69, 9.17) is 9.47 Å². The summed E-state index contributed by atoms with van der Waals surface area (Å²) in [6.07, 6.45) is 0.650. The largest absolute Gasteiger partial charge is 0.497 e. The number of nitrogens with zero attached hydrogens (tertiary/aromatic N) is 1. The molecule has 22 heavy (non-hydrogen) atoms. The van der Waals surface area contributed by atoms with Gasteiger partial charge in [0.25, 0.3) is 0 Å². The zero-order valence-electron chi connectivity index (χ0n) is 13.3. The van der Waals surface area contributed by atoms with Gasteiger partial charge < -0.3 is 9.47 Å². The van der Waals surface area contributed by atoms with Crippen LogP contribution in [0.15, 0.2) is 42.5 Å². The van der Waals surface area contributed by atoms with Crippen LogP contribution >= 0.6 is 0 Å². The number of hydrogen-bond donors (Lipinski definition) is 0. The molecular formula is C19H21NO2. The van der Waals surface area contributed by atoms with Crippen molar-refractivity contribution in [1.82, 2.24) is 0 Å². The molecule has 2 aromatic rings. The normalized spacial score (nSPS) is 11.5. The maximum Gasteiger partial charge on any atom is 0.122 e. The third-order valence-electron chi connectivity index (χ3n) is 3.65. The third-order valence-corrected chi connectivity index (χ3v) is 3.65. The van der Waals surface area contributed by atoms with Crippen LogP contribution in [0.5, 0.6) is 11.5 Å². The van der Waals surface area contributed by atoms with E-state index in [1.165, 1.54) is 5.56 Å². The van der Waals surface area contributed by atoms with Crippen LogP contribution in [0.2, 0.25) is 0 Å². The molecule has 1 atom stereocenters. The van der Waals surface area contributed by atoms with Crippen molar-refractivity contribution < 1.29 is 9.47 Å². The van der Waals surface area contributed by atoms with Crippen molar-refractivity contribution in [3.8, 4) is 17.6 Å². The molecule has 1 unspecified atom stereocenters. The Morgan fingerprint density at radius 2 is 1.95 bits per heavy atom. The number of nitriles is 1. The molecule has 2 aromatic carbocycles. The molecule has 0 spiro atoms. The van der Waals surface area contributed by atoms with E-state index >= 15 is 0 Å². The minimum absolute atomic E-state index is 0.194. The second kappa shape index (κ2) is 7.51. The number of hydrogen-bond acceptors (Lipinski definition) is 3. The fraction of sp³-hybridized carbons (Fsp3) is 0.316. The van der Waals surface area contributed by atoms with E-state index in [0.717, 1.165) is 22.6 Å². The summed E-state index contributed by atoms with van der Waals surface area (Å²) in [7, 11) is 1.63. The predicted molar refractivity (Wildman–Crippen MR) is 87.4 cm³/mol. The highest BCUT2D eigenvalue weighted by Crippen LogP contribution is 2.24. The van der Waals surface area contributed by atoms with E-state index in [1.54, 1.807) is 7.11 Å². The van der Waals surface area contributed by atoms with Gasteiger partial charge in [0.1, 0.15) is 11.5 Å². The van der Waals surface area contributed by atoms with Gasteiger partial charge in [-0.3, -0.25) is 0 Å². The maximum atomic E-state index is 9.38. The van der Waals surface area contributed by atoms with Crippen LogP contribution in [0.4, 0.5) is 0 Å². The molecule has 0 saturated heterocycles. The number of rotatable bonds is 6. The van der Waals surface area contributed by atoms with Crippen LogP contribution in [0, 0.1) is 25.2 Å². The first-order valence-corrected chi connectivity index (χ1v) is 7.37. The smallest absolute Gasteiger partial charge is 0.122 e. The van der Waals surface area contributed by atoms with E-state index in [2.05, 4.69) is 19.1 Å². The van der Waals surface area contributed by atoms with Crippen molar-refractivity contribution in [3.05, 3.63) is 59.2 Å². The fourth-order valence-electron chi connectivity index (χ4n) is 2.41. The van der Waals surface area contributed by atoms with Gasteiger partial charge in [0.15, 0.2) is 0 Å². The molecule has 0 N–H and O–H groups in total. The Morgan fingerprint density at radius 3 is 2.64 bits per heavy atom. The molecule has 0 saturated carbocycles. The molecule has 3 heteroatoms. The Bertz CT molecular complexity index is 673. The quantitative estimate of drug-likeness (QED) is 0.793. The summed E-state index contributed by atoms with van der Waals surface area (Å²) in [6.45, 7) is 4.61. The molecule has 3 nitrogen and oxygen atoms in total. The van der Waals surface area contributed by atoms with E-state index < -0.39 is 0 Å². The van der Waals surface area contributed by atoms with Crippen LogP contribution in [-0.2, 0) is 0 Å². The number of benzene rings is 2. The van der Waals surface area contributed by atoms with Crippen LogP contribution in [0.25, 0.3) is 0 Å². The highest BCUT2D eigenvalue weighted by atomic mass is 16.5. The molecule has 0 fully saturated rings. The second-order valence-electron chi connectivity index (χ2n) is 5.36. The van der Waals surface area contributed by atoms with Crippen molar-refractivity contribution in [2.24, 2.45) is 0 Å². The summed E-state index contributed by atoms with van der Waals surface area (Å²) in [6, 6.07) is 16.1. The molecule has 0 radical (unpaired) electrons. The molecule has 0 aliphatic heterocycles. The highest BCUT2D eigenvalue weighted by Gasteiger charge is 2.12. The maximum absolute atomic E-state index is 9.38. The van der Waals surface area contributed by atoms with Crippen LogP contribution < -0.4 is 9.47 Å². The molecule has 0 amide bonds. The average Bonchev–Trinajstić information content (AvgIpc) is 2.53. The summed E-state index contributed by atoms with van der Waals surface area (Å²) in [5, 5.41) is 9.38. The van der Waals surface area contributed by atoms with Crippen LogP contribution in [-0.4, -0.2) is 13.7 Å². The highest BCUT2D eigenvalue weighted by molar-refractivity contribution is 5.36. The lowest BCUT2D eigenvalue weighted by molar-refractivity contribution is 0.304. The molecule has 2 rings (SSSR count). The van der Waals surface area contributed by atoms with Crippen molar-refractivity contribution in [2.75, 3.05) is 13.7 Å². The molecule has 0 heterocycles. The Hall–Kier alpha value is -2.47. The van der Waals surface area contributed by atoms with Crippen LogP contribution in [0.3, 0.4) is 0 Å². The topological polar surface area (TPSA) is 42.2 Å².